The molecular formula is C24H24N4OS2. The lowest BCUT2D eigenvalue weighted by molar-refractivity contribution is -0.113. The fourth-order valence-electron chi connectivity index (χ4n) is 4.11. The van der Waals surface area contributed by atoms with Crippen LogP contribution in [0.2, 0.25) is 0 Å². The number of H-pyrrole nitrogens is 1. The molecule has 0 unspecified atom stereocenters. The van der Waals surface area contributed by atoms with Crippen LogP contribution in [0.1, 0.15) is 43.6 Å². The van der Waals surface area contributed by atoms with E-state index in [1.54, 1.807) is 0 Å². The van der Waals surface area contributed by atoms with E-state index < -0.39 is 0 Å². The highest BCUT2D eigenvalue weighted by Crippen LogP contribution is 2.34. The van der Waals surface area contributed by atoms with E-state index in [1.165, 1.54) is 60.8 Å². The smallest absolute Gasteiger partial charge is 0.236 e. The van der Waals surface area contributed by atoms with Gasteiger partial charge >= 0.3 is 0 Å². The van der Waals surface area contributed by atoms with Crippen molar-refractivity contribution in [3.8, 4) is 11.3 Å². The molecule has 0 radical (unpaired) electrons. The van der Waals surface area contributed by atoms with Gasteiger partial charge in [-0.2, -0.15) is 0 Å². The summed E-state index contributed by atoms with van der Waals surface area (Å²) < 4.78 is 0. The summed E-state index contributed by atoms with van der Waals surface area (Å²) in [5.41, 5.74) is 5.32. The number of benzene rings is 2. The molecule has 0 atom stereocenters. The second-order valence-corrected chi connectivity index (χ2v) is 9.71. The van der Waals surface area contributed by atoms with Gasteiger partial charge in [-0.05, 0) is 36.5 Å². The molecule has 2 aromatic carbocycles. The van der Waals surface area contributed by atoms with Crippen molar-refractivity contribution >= 4 is 45.2 Å². The molecule has 5 nitrogen and oxygen atoms in total. The number of rotatable bonds is 6. The Bertz CT molecular complexity index is 1140. The SMILES string of the molecule is O=C(CSc1nc2ccccc2[nH]1)Nc1nc(-c2ccc(C3CCCCC3)cc2)cs1. The van der Waals surface area contributed by atoms with E-state index in [1.807, 2.05) is 29.6 Å². The molecule has 1 saturated carbocycles. The third-order valence-corrected chi connectivity index (χ3v) is 7.37. The number of thioether (sulfide) groups is 1. The Morgan fingerprint density at radius 1 is 1.06 bits per heavy atom. The van der Waals surface area contributed by atoms with Crippen LogP contribution in [0.15, 0.2) is 59.1 Å². The molecule has 5 rings (SSSR count). The number of carbonyl (C=O) groups is 1. The number of hydrogen-bond donors (Lipinski definition) is 2. The first kappa shape index (κ1) is 20.3. The Morgan fingerprint density at radius 3 is 2.68 bits per heavy atom. The van der Waals surface area contributed by atoms with Gasteiger partial charge in [-0.3, -0.25) is 4.79 Å². The van der Waals surface area contributed by atoms with E-state index in [4.69, 9.17) is 0 Å². The molecule has 31 heavy (non-hydrogen) atoms. The highest BCUT2D eigenvalue weighted by Gasteiger charge is 2.16. The quantitative estimate of drug-likeness (QED) is 0.332. The van der Waals surface area contributed by atoms with Gasteiger partial charge in [-0.25, -0.2) is 9.97 Å². The van der Waals surface area contributed by atoms with Crippen LogP contribution in [0, 0.1) is 0 Å². The van der Waals surface area contributed by atoms with Gasteiger partial charge in [0.1, 0.15) is 0 Å². The van der Waals surface area contributed by atoms with Crippen LogP contribution in [-0.4, -0.2) is 26.6 Å². The van der Waals surface area contributed by atoms with Gasteiger partial charge in [0.05, 0.1) is 22.5 Å². The summed E-state index contributed by atoms with van der Waals surface area (Å²) >= 11 is 2.84. The molecule has 0 spiro atoms. The molecule has 2 N–H and O–H groups in total. The maximum atomic E-state index is 12.4. The summed E-state index contributed by atoms with van der Waals surface area (Å²) in [5.74, 6) is 0.904. The molecular weight excluding hydrogens is 424 g/mol. The Kier molecular flexibility index (Phi) is 6.04. The van der Waals surface area contributed by atoms with Crippen LogP contribution in [0.3, 0.4) is 0 Å². The standard InChI is InChI=1S/C24H24N4OS2/c29-22(15-31-23-25-19-8-4-5-9-20(19)26-23)28-24-27-21(14-30-24)18-12-10-17(11-13-18)16-6-2-1-3-7-16/h4-5,8-14,16H,1-3,6-7,15H2,(H,25,26)(H,27,28,29). The van der Waals surface area contributed by atoms with Gasteiger partial charge in [-0.1, -0.05) is 67.4 Å². The Labute approximate surface area is 189 Å². The third kappa shape index (κ3) is 4.83. The van der Waals surface area contributed by atoms with Crippen LogP contribution in [-0.2, 0) is 4.79 Å². The zero-order valence-electron chi connectivity index (χ0n) is 17.1. The van der Waals surface area contributed by atoms with Gasteiger partial charge in [0.2, 0.25) is 5.91 Å². The van der Waals surface area contributed by atoms with Crippen LogP contribution in [0.25, 0.3) is 22.3 Å². The Morgan fingerprint density at radius 2 is 1.87 bits per heavy atom. The number of aromatic amines is 1. The normalized spacial score (nSPS) is 14.7. The summed E-state index contributed by atoms with van der Waals surface area (Å²) in [6.07, 6.45) is 6.67. The van der Waals surface area contributed by atoms with Crippen molar-refractivity contribution in [2.75, 3.05) is 11.1 Å². The number of amides is 1. The molecule has 2 aromatic heterocycles. The number of thiazole rings is 1. The number of carbonyl (C=O) groups excluding carboxylic acids is 1. The number of anilines is 1. The summed E-state index contributed by atoms with van der Waals surface area (Å²) in [5, 5.41) is 6.27. The minimum atomic E-state index is -0.0843. The third-order valence-electron chi connectivity index (χ3n) is 5.74. The number of aromatic nitrogens is 3. The molecule has 158 valence electrons. The molecule has 0 bridgehead atoms. The fourth-order valence-corrected chi connectivity index (χ4v) is 5.53. The summed E-state index contributed by atoms with van der Waals surface area (Å²) in [6, 6.07) is 16.6. The average Bonchev–Trinajstić information content (AvgIpc) is 3.45. The molecule has 0 saturated heterocycles. The monoisotopic (exact) mass is 448 g/mol. The van der Waals surface area contributed by atoms with Gasteiger partial charge in [-0.15, -0.1) is 11.3 Å². The largest absolute Gasteiger partial charge is 0.333 e. The van der Waals surface area contributed by atoms with Crippen LogP contribution in [0.5, 0.6) is 0 Å². The predicted octanol–water partition coefficient (Wildman–Crippen LogP) is 6.46. The van der Waals surface area contributed by atoms with E-state index >= 15 is 0 Å². The number of fused-ring (bicyclic) bond motifs is 1. The van der Waals surface area contributed by atoms with E-state index in [2.05, 4.69) is 44.5 Å². The average molecular weight is 449 g/mol. The Hall–Kier alpha value is -2.64. The zero-order valence-corrected chi connectivity index (χ0v) is 18.8. The second-order valence-electron chi connectivity index (χ2n) is 7.89. The lowest BCUT2D eigenvalue weighted by atomic mass is 9.84. The lowest BCUT2D eigenvalue weighted by Crippen LogP contribution is -2.13. The lowest BCUT2D eigenvalue weighted by Gasteiger charge is -2.22. The fraction of sp³-hybridized carbons (Fsp3) is 0.292. The molecule has 1 amide bonds. The number of nitrogens with zero attached hydrogens (tertiary/aromatic N) is 2. The number of imidazole rings is 1. The first-order valence-electron chi connectivity index (χ1n) is 10.7. The second kappa shape index (κ2) is 9.24. The maximum absolute atomic E-state index is 12.4. The molecule has 0 aliphatic heterocycles. The van der Waals surface area contributed by atoms with Gasteiger partial charge in [0.25, 0.3) is 0 Å². The molecule has 1 aliphatic rings. The van der Waals surface area contributed by atoms with Gasteiger partial charge in [0.15, 0.2) is 10.3 Å². The molecule has 1 fully saturated rings. The van der Waals surface area contributed by atoms with E-state index in [9.17, 15) is 4.79 Å². The van der Waals surface area contributed by atoms with Crippen molar-refractivity contribution in [2.45, 2.75) is 43.2 Å². The maximum Gasteiger partial charge on any atom is 0.236 e. The molecule has 1 aliphatic carbocycles. The van der Waals surface area contributed by atoms with Crippen LogP contribution < -0.4 is 5.32 Å². The minimum Gasteiger partial charge on any atom is -0.333 e. The van der Waals surface area contributed by atoms with Gasteiger partial charge < -0.3 is 10.3 Å². The number of nitrogens with one attached hydrogen (secondary N) is 2. The van der Waals surface area contributed by atoms with Crippen LogP contribution >= 0.6 is 23.1 Å². The van der Waals surface area contributed by atoms with E-state index in [-0.39, 0.29) is 11.7 Å². The van der Waals surface area contributed by atoms with Crippen LogP contribution in [0.4, 0.5) is 5.13 Å². The first-order chi connectivity index (χ1) is 15.2. The molecule has 2 heterocycles. The van der Waals surface area contributed by atoms with Gasteiger partial charge in [0, 0.05) is 10.9 Å². The molecule has 7 heteroatoms. The van der Waals surface area contributed by atoms with Crippen molar-refractivity contribution in [1.82, 2.24) is 15.0 Å². The minimum absolute atomic E-state index is 0.0843. The summed E-state index contributed by atoms with van der Waals surface area (Å²) in [4.78, 5) is 24.7. The number of para-hydroxylation sites is 2. The zero-order chi connectivity index (χ0) is 21.0. The first-order valence-corrected chi connectivity index (χ1v) is 12.5. The van der Waals surface area contributed by atoms with E-state index in [0.29, 0.717) is 11.0 Å². The highest BCUT2D eigenvalue weighted by atomic mass is 32.2. The van der Waals surface area contributed by atoms with Crippen molar-refractivity contribution in [3.05, 3.63) is 59.5 Å². The predicted molar refractivity (Wildman–Crippen MR) is 129 cm³/mol. The summed E-state index contributed by atoms with van der Waals surface area (Å²) in [7, 11) is 0. The molecule has 4 aromatic rings. The van der Waals surface area contributed by atoms with Crippen molar-refractivity contribution in [2.24, 2.45) is 0 Å². The highest BCUT2D eigenvalue weighted by molar-refractivity contribution is 7.99. The Balaban J connectivity index is 1.17. The van der Waals surface area contributed by atoms with Crippen molar-refractivity contribution < 1.29 is 4.79 Å². The topological polar surface area (TPSA) is 70.7 Å². The van der Waals surface area contributed by atoms with Crippen molar-refractivity contribution in [3.63, 3.8) is 0 Å². The number of hydrogen-bond acceptors (Lipinski definition) is 5. The van der Waals surface area contributed by atoms with E-state index in [0.717, 1.165) is 27.4 Å². The summed E-state index contributed by atoms with van der Waals surface area (Å²) in [6.45, 7) is 0. The van der Waals surface area contributed by atoms with Crippen molar-refractivity contribution in [1.29, 1.82) is 0 Å².